The predicted octanol–water partition coefficient (Wildman–Crippen LogP) is 3.48. The molecule has 0 aromatic heterocycles. The number of hydrogen-bond acceptors (Lipinski definition) is 5. The average molecular weight is 505 g/mol. The van der Waals surface area contributed by atoms with Crippen molar-refractivity contribution in [2.45, 2.75) is 22.7 Å². The standard InChI is InChI=1S/C21H17BrN2O4S2/c22-13-6-8-14(9-7-13)30-15-11-29-20-17(19(26)24(20)18(15)21(27)28)23-16(25)10-12-4-2-1-3-5-12/h1-9,17,20H,10-11H2,(H,23,25)(H,27,28)/t17-,20-/m1/s1. The van der Waals surface area contributed by atoms with E-state index >= 15 is 0 Å². The second-order valence-electron chi connectivity index (χ2n) is 6.75. The summed E-state index contributed by atoms with van der Waals surface area (Å²) >= 11 is 6.19. The van der Waals surface area contributed by atoms with Crippen molar-refractivity contribution >= 4 is 57.2 Å². The number of β-lactam (4-membered cyclic amide) rings is 1. The summed E-state index contributed by atoms with van der Waals surface area (Å²) < 4.78 is 0.935. The fourth-order valence-corrected chi connectivity index (χ4v) is 6.06. The number of carbonyl (C=O) groups is 3. The number of carboxylic acids is 1. The van der Waals surface area contributed by atoms with Crippen LogP contribution in [-0.4, -0.2) is 45.0 Å². The van der Waals surface area contributed by atoms with Crippen LogP contribution in [0.5, 0.6) is 0 Å². The number of rotatable bonds is 6. The van der Waals surface area contributed by atoms with Crippen LogP contribution < -0.4 is 5.32 Å². The first-order valence-electron chi connectivity index (χ1n) is 9.12. The number of carbonyl (C=O) groups excluding carboxylic acids is 2. The molecule has 6 nitrogen and oxygen atoms in total. The molecule has 1 fully saturated rings. The Morgan fingerprint density at radius 2 is 1.87 bits per heavy atom. The average Bonchev–Trinajstić information content (AvgIpc) is 2.74. The molecule has 1 saturated heterocycles. The van der Waals surface area contributed by atoms with Gasteiger partial charge in [0.2, 0.25) is 5.91 Å². The number of thioether (sulfide) groups is 2. The Kier molecular flexibility index (Phi) is 6.21. The number of carboxylic acid groups (broad SMARTS) is 1. The molecule has 2 aliphatic heterocycles. The molecule has 2 aliphatic rings. The zero-order valence-electron chi connectivity index (χ0n) is 15.6. The molecule has 2 N–H and O–H groups in total. The minimum atomic E-state index is -1.14. The molecular formula is C21H17BrN2O4S2. The molecule has 30 heavy (non-hydrogen) atoms. The van der Waals surface area contributed by atoms with Crippen LogP contribution in [0.25, 0.3) is 0 Å². The van der Waals surface area contributed by atoms with Crippen LogP contribution in [0.4, 0.5) is 0 Å². The Morgan fingerprint density at radius 3 is 2.53 bits per heavy atom. The summed E-state index contributed by atoms with van der Waals surface area (Å²) in [6.07, 6.45) is 0.175. The minimum Gasteiger partial charge on any atom is -0.477 e. The second-order valence-corrected chi connectivity index (χ2v) is 9.94. The van der Waals surface area contributed by atoms with Gasteiger partial charge < -0.3 is 10.4 Å². The number of halogens is 1. The molecule has 4 rings (SSSR count). The molecule has 154 valence electrons. The highest BCUT2D eigenvalue weighted by Gasteiger charge is 2.54. The first-order valence-corrected chi connectivity index (χ1v) is 11.8. The smallest absolute Gasteiger partial charge is 0.353 e. The fraction of sp³-hybridized carbons (Fsp3) is 0.190. The quantitative estimate of drug-likeness (QED) is 0.585. The van der Waals surface area contributed by atoms with Gasteiger partial charge in [-0.25, -0.2) is 4.79 Å². The fourth-order valence-electron chi connectivity index (χ4n) is 3.32. The topological polar surface area (TPSA) is 86.7 Å². The van der Waals surface area contributed by atoms with Gasteiger partial charge >= 0.3 is 5.97 Å². The lowest BCUT2D eigenvalue weighted by Gasteiger charge is -2.49. The number of fused-ring (bicyclic) bond motifs is 1. The molecule has 0 saturated carbocycles. The first-order chi connectivity index (χ1) is 14.4. The maximum Gasteiger partial charge on any atom is 0.353 e. The van der Waals surface area contributed by atoms with Crippen molar-refractivity contribution in [3.05, 3.63) is 75.2 Å². The maximum absolute atomic E-state index is 12.7. The number of hydrogen-bond donors (Lipinski definition) is 2. The van der Waals surface area contributed by atoms with E-state index in [9.17, 15) is 19.5 Å². The van der Waals surface area contributed by atoms with Crippen molar-refractivity contribution in [3.63, 3.8) is 0 Å². The van der Waals surface area contributed by atoms with Crippen LogP contribution in [0.1, 0.15) is 5.56 Å². The molecule has 2 amide bonds. The van der Waals surface area contributed by atoms with Crippen LogP contribution in [0.3, 0.4) is 0 Å². The van der Waals surface area contributed by atoms with Gasteiger partial charge in [-0.3, -0.25) is 14.5 Å². The van der Waals surface area contributed by atoms with Crippen molar-refractivity contribution in [3.8, 4) is 0 Å². The number of benzene rings is 2. The van der Waals surface area contributed by atoms with Crippen LogP contribution in [-0.2, 0) is 20.8 Å². The van der Waals surface area contributed by atoms with Crippen molar-refractivity contribution < 1.29 is 19.5 Å². The number of nitrogens with zero attached hydrogens (tertiary/aromatic N) is 1. The zero-order valence-corrected chi connectivity index (χ0v) is 18.8. The summed E-state index contributed by atoms with van der Waals surface area (Å²) in [6.45, 7) is 0. The Labute approximate surface area is 190 Å². The van der Waals surface area contributed by atoms with Crippen LogP contribution in [0.15, 0.2) is 74.6 Å². The molecule has 9 heteroatoms. The summed E-state index contributed by atoms with van der Waals surface area (Å²) in [5, 5.41) is 12.1. The summed E-state index contributed by atoms with van der Waals surface area (Å²) in [6, 6.07) is 16.1. The lowest BCUT2D eigenvalue weighted by atomic mass is 10.0. The largest absolute Gasteiger partial charge is 0.477 e. The molecular weight excluding hydrogens is 488 g/mol. The SMILES string of the molecule is O=C(Cc1ccccc1)N[C@@H]1C(=O)N2C(C(=O)O)=C(Sc3ccc(Br)cc3)CS[C@H]12. The van der Waals surface area contributed by atoms with Gasteiger partial charge in [0.05, 0.1) is 6.42 Å². The van der Waals surface area contributed by atoms with E-state index in [1.165, 1.54) is 28.4 Å². The number of aliphatic carboxylic acids is 1. The van der Waals surface area contributed by atoms with E-state index in [1.54, 1.807) is 0 Å². The summed E-state index contributed by atoms with van der Waals surface area (Å²) in [5.74, 6) is -1.32. The number of nitrogens with one attached hydrogen (secondary N) is 1. The second kappa shape index (κ2) is 8.87. The molecule has 0 unspecified atom stereocenters. The molecule has 0 bridgehead atoms. The summed E-state index contributed by atoms with van der Waals surface area (Å²) in [4.78, 5) is 39.8. The van der Waals surface area contributed by atoms with Crippen molar-refractivity contribution in [1.82, 2.24) is 10.2 Å². The van der Waals surface area contributed by atoms with E-state index in [-0.39, 0.29) is 23.9 Å². The third-order valence-corrected chi connectivity index (χ3v) is 7.80. The Balaban J connectivity index is 1.48. The third-order valence-electron chi connectivity index (χ3n) is 4.71. The van der Waals surface area contributed by atoms with Gasteiger partial charge in [-0.05, 0) is 29.8 Å². The molecule has 0 spiro atoms. The van der Waals surface area contributed by atoms with Crippen molar-refractivity contribution in [2.24, 2.45) is 0 Å². The first kappa shape index (κ1) is 21.0. The Hall–Kier alpha value is -2.23. The highest BCUT2D eigenvalue weighted by Crippen LogP contribution is 2.45. The van der Waals surface area contributed by atoms with Crippen LogP contribution in [0, 0.1) is 0 Å². The van der Waals surface area contributed by atoms with E-state index in [0.717, 1.165) is 14.9 Å². The van der Waals surface area contributed by atoms with E-state index < -0.39 is 17.4 Å². The van der Waals surface area contributed by atoms with Gasteiger partial charge in [-0.2, -0.15) is 0 Å². The monoisotopic (exact) mass is 504 g/mol. The van der Waals surface area contributed by atoms with Crippen LogP contribution in [0.2, 0.25) is 0 Å². The van der Waals surface area contributed by atoms with Gasteiger partial charge in [-0.15, -0.1) is 11.8 Å². The predicted molar refractivity (Wildman–Crippen MR) is 120 cm³/mol. The Bertz CT molecular complexity index is 1030. The Morgan fingerprint density at radius 1 is 1.17 bits per heavy atom. The molecule has 2 aromatic rings. The number of amides is 2. The van der Waals surface area contributed by atoms with Crippen LogP contribution >= 0.6 is 39.5 Å². The molecule has 0 radical (unpaired) electrons. The normalized spacial score (nSPS) is 20.4. The van der Waals surface area contributed by atoms with Crippen molar-refractivity contribution in [1.29, 1.82) is 0 Å². The molecule has 0 aliphatic carbocycles. The molecule has 2 aromatic carbocycles. The van der Waals surface area contributed by atoms with E-state index in [4.69, 9.17) is 0 Å². The highest BCUT2D eigenvalue weighted by molar-refractivity contribution is 9.10. The van der Waals surface area contributed by atoms with E-state index in [1.807, 2.05) is 54.6 Å². The zero-order chi connectivity index (χ0) is 21.3. The minimum absolute atomic E-state index is 0.00484. The van der Waals surface area contributed by atoms with Gasteiger partial charge in [0.25, 0.3) is 5.91 Å². The summed E-state index contributed by atoms with van der Waals surface area (Å²) in [7, 11) is 0. The van der Waals surface area contributed by atoms with E-state index in [2.05, 4.69) is 21.2 Å². The van der Waals surface area contributed by atoms with Gasteiger partial charge in [-0.1, -0.05) is 58.0 Å². The van der Waals surface area contributed by atoms with Crippen molar-refractivity contribution in [2.75, 3.05) is 5.75 Å². The molecule has 2 atom stereocenters. The lowest BCUT2D eigenvalue weighted by molar-refractivity contribution is -0.150. The highest BCUT2D eigenvalue weighted by atomic mass is 79.9. The third kappa shape index (κ3) is 4.28. The van der Waals surface area contributed by atoms with Gasteiger partial charge in [0.15, 0.2) is 0 Å². The maximum atomic E-state index is 12.7. The lowest BCUT2D eigenvalue weighted by Crippen LogP contribution is -2.70. The summed E-state index contributed by atoms with van der Waals surface area (Å²) in [5.41, 5.74) is 0.861. The van der Waals surface area contributed by atoms with Gasteiger partial charge in [0, 0.05) is 20.0 Å². The van der Waals surface area contributed by atoms with Gasteiger partial charge in [0.1, 0.15) is 17.1 Å². The van der Waals surface area contributed by atoms with E-state index in [0.29, 0.717) is 10.7 Å². The molecule has 2 heterocycles.